The Balaban J connectivity index is 2.57. The van der Waals surface area contributed by atoms with Crippen LogP contribution in [0.15, 0.2) is 60.8 Å². The van der Waals surface area contributed by atoms with Crippen LogP contribution in [0.5, 0.6) is 0 Å². The second-order valence-corrected chi connectivity index (χ2v) is 25.0. The molecule has 1 rings (SSSR count). The molecular weight excluding hydrogens is 1060 g/mol. The molecule has 1 aliphatic rings. The third-order valence-corrected chi connectivity index (χ3v) is 16.9. The first-order chi connectivity index (χ1) is 41.7. The molecule has 1 fully saturated rings. The van der Waals surface area contributed by atoms with Crippen molar-refractivity contribution in [1.82, 2.24) is 5.32 Å². The van der Waals surface area contributed by atoms with Crippen molar-refractivity contribution in [2.75, 3.05) is 13.2 Å². The summed E-state index contributed by atoms with van der Waals surface area (Å²) in [5.74, 6) is -1.19. The standard InChI is InChI=1S/C74H135NO10/c1-4-7-10-13-16-19-22-25-27-29-31-32-33-34-35-36-37-39-41-44-47-50-53-56-59-62-69(79)85-72-71(81)70(80)68(63-76)84-74(72)83-64-65(66(77)60-57-54-51-48-45-42-24-21-18-15-12-9-6-3)75-73(82)67(78)61-58-55-52-49-46-43-40-38-30-28-26-23-20-17-14-11-8-5-2/h16,19,25-28,31-32,57,60,65-68,70-72,74,76-78,80-81H,4-15,17-18,20-24,29-30,33-56,58-59,61-64H2,1-3H3,(H,75,82)/b19-16-,27-25-,28-26+,32-31-,60-57+. The van der Waals surface area contributed by atoms with Gasteiger partial charge in [0.15, 0.2) is 12.4 Å². The van der Waals surface area contributed by atoms with E-state index >= 15 is 0 Å². The number of allylic oxidation sites excluding steroid dienone is 9. The zero-order valence-electron chi connectivity index (χ0n) is 55.2. The van der Waals surface area contributed by atoms with E-state index in [0.717, 1.165) is 77.0 Å². The van der Waals surface area contributed by atoms with Crippen molar-refractivity contribution in [3.05, 3.63) is 60.8 Å². The SMILES string of the molecule is CCCCC/C=C\C/C=C\C/C=C\CCCCCCCCCCCCCCC(=O)OC1C(OCC(NC(=O)C(O)CCCCCCCCCC/C=C/CCCCCCCC)C(O)/C=C/CCCCCCCCCCCCC)OC(CO)C(O)C1O. The van der Waals surface area contributed by atoms with Gasteiger partial charge in [-0.2, -0.15) is 0 Å². The van der Waals surface area contributed by atoms with Crippen molar-refractivity contribution in [3.63, 3.8) is 0 Å². The van der Waals surface area contributed by atoms with E-state index in [1.165, 1.54) is 212 Å². The van der Waals surface area contributed by atoms with Gasteiger partial charge in [0.1, 0.15) is 24.4 Å². The van der Waals surface area contributed by atoms with Gasteiger partial charge in [0.05, 0.1) is 25.4 Å². The van der Waals surface area contributed by atoms with Gasteiger partial charge in [-0.25, -0.2) is 0 Å². The van der Waals surface area contributed by atoms with Crippen LogP contribution in [0.25, 0.3) is 0 Å². The first-order valence-corrected chi connectivity index (χ1v) is 36.1. The summed E-state index contributed by atoms with van der Waals surface area (Å²) in [7, 11) is 0. The van der Waals surface area contributed by atoms with Crippen LogP contribution in [0, 0.1) is 0 Å². The van der Waals surface area contributed by atoms with Crippen LogP contribution in [0.4, 0.5) is 0 Å². The first kappa shape index (κ1) is 80.4. The minimum Gasteiger partial charge on any atom is -0.454 e. The van der Waals surface area contributed by atoms with E-state index in [-0.39, 0.29) is 19.4 Å². The molecule has 8 atom stereocenters. The minimum absolute atomic E-state index is 0.121. The monoisotopic (exact) mass is 1200 g/mol. The minimum atomic E-state index is -1.62. The summed E-state index contributed by atoms with van der Waals surface area (Å²) >= 11 is 0. The number of aliphatic hydroxyl groups is 5. The van der Waals surface area contributed by atoms with Crippen LogP contribution < -0.4 is 5.32 Å². The van der Waals surface area contributed by atoms with Gasteiger partial charge in [-0.15, -0.1) is 0 Å². The number of carbonyl (C=O) groups is 2. The number of hydrogen-bond acceptors (Lipinski definition) is 10. The van der Waals surface area contributed by atoms with Crippen LogP contribution >= 0.6 is 0 Å². The number of rotatable bonds is 62. The maximum Gasteiger partial charge on any atom is 0.306 e. The van der Waals surface area contributed by atoms with Gasteiger partial charge in [-0.05, 0) is 89.9 Å². The van der Waals surface area contributed by atoms with E-state index < -0.39 is 67.4 Å². The topological polar surface area (TPSA) is 175 Å². The predicted octanol–water partition coefficient (Wildman–Crippen LogP) is 18.5. The highest BCUT2D eigenvalue weighted by atomic mass is 16.7. The van der Waals surface area contributed by atoms with E-state index in [1.54, 1.807) is 6.08 Å². The first-order valence-electron chi connectivity index (χ1n) is 36.1. The van der Waals surface area contributed by atoms with Crippen molar-refractivity contribution in [3.8, 4) is 0 Å². The van der Waals surface area contributed by atoms with Crippen LogP contribution in [-0.4, -0.2) is 99.6 Å². The van der Waals surface area contributed by atoms with Crippen molar-refractivity contribution in [2.45, 2.75) is 384 Å². The summed E-state index contributed by atoms with van der Waals surface area (Å²) in [6.45, 7) is 5.80. The van der Waals surface area contributed by atoms with E-state index in [1.807, 2.05) is 6.08 Å². The van der Waals surface area contributed by atoms with Gasteiger partial charge in [0.25, 0.3) is 0 Å². The largest absolute Gasteiger partial charge is 0.454 e. The molecule has 0 radical (unpaired) electrons. The predicted molar refractivity (Wildman–Crippen MR) is 356 cm³/mol. The smallest absolute Gasteiger partial charge is 0.306 e. The molecule has 6 N–H and O–H groups in total. The van der Waals surface area contributed by atoms with E-state index in [9.17, 15) is 35.1 Å². The molecule has 0 aromatic carbocycles. The third-order valence-electron chi connectivity index (χ3n) is 16.9. The molecular formula is C74H135NO10. The molecule has 1 saturated heterocycles. The average Bonchev–Trinajstić information content (AvgIpc) is 3.34. The maximum absolute atomic E-state index is 13.5. The van der Waals surface area contributed by atoms with E-state index in [4.69, 9.17) is 14.2 Å². The normalized spacial score (nSPS) is 18.7. The zero-order valence-corrected chi connectivity index (χ0v) is 55.2. The number of amides is 1. The van der Waals surface area contributed by atoms with E-state index in [2.05, 4.69) is 74.7 Å². The number of nitrogens with one attached hydrogen (secondary N) is 1. The zero-order chi connectivity index (χ0) is 61.7. The van der Waals surface area contributed by atoms with Gasteiger partial charge in [0.2, 0.25) is 5.91 Å². The number of hydrogen-bond donors (Lipinski definition) is 6. The number of carbonyl (C=O) groups excluding carboxylic acids is 2. The summed E-state index contributed by atoms with van der Waals surface area (Å²) in [6, 6.07) is -1.03. The molecule has 0 aliphatic carbocycles. The maximum atomic E-state index is 13.5. The summed E-state index contributed by atoms with van der Waals surface area (Å²) in [6.07, 6.45) is 68.2. The quantitative estimate of drug-likeness (QED) is 0.0195. The third kappa shape index (κ3) is 48.9. The van der Waals surface area contributed by atoms with Crippen LogP contribution in [0.1, 0.15) is 335 Å². The molecule has 0 bridgehead atoms. The molecule has 0 spiro atoms. The summed E-state index contributed by atoms with van der Waals surface area (Å²) in [4.78, 5) is 26.7. The Morgan fingerprint density at radius 3 is 1.25 bits per heavy atom. The van der Waals surface area contributed by atoms with Crippen LogP contribution in [0.3, 0.4) is 0 Å². The lowest BCUT2D eigenvalue weighted by Gasteiger charge is -2.41. The summed E-state index contributed by atoms with van der Waals surface area (Å²) in [5.41, 5.74) is 0. The van der Waals surface area contributed by atoms with Crippen LogP contribution in [0.2, 0.25) is 0 Å². The number of ether oxygens (including phenoxy) is 3. The van der Waals surface area contributed by atoms with Crippen molar-refractivity contribution >= 4 is 11.9 Å². The van der Waals surface area contributed by atoms with Gasteiger partial charge in [-0.3, -0.25) is 9.59 Å². The van der Waals surface area contributed by atoms with Crippen molar-refractivity contribution in [1.29, 1.82) is 0 Å². The van der Waals surface area contributed by atoms with Crippen molar-refractivity contribution in [2.24, 2.45) is 0 Å². The molecule has 8 unspecified atom stereocenters. The average molecular weight is 1200 g/mol. The summed E-state index contributed by atoms with van der Waals surface area (Å²) < 4.78 is 17.7. The molecule has 0 saturated carbocycles. The number of esters is 1. The highest BCUT2D eigenvalue weighted by Crippen LogP contribution is 2.26. The lowest BCUT2D eigenvalue weighted by atomic mass is 9.99. The number of aliphatic hydroxyl groups excluding tert-OH is 5. The van der Waals surface area contributed by atoms with Gasteiger partial charge >= 0.3 is 5.97 Å². The van der Waals surface area contributed by atoms with Gasteiger partial charge in [-0.1, -0.05) is 300 Å². The Bertz CT molecular complexity index is 1620. The molecule has 1 amide bonds. The molecule has 496 valence electrons. The Morgan fingerprint density at radius 2 is 0.812 bits per heavy atom. The van der Waals surface area contributed by atoms with Crippen LogP contribution in [-0.2, 0) is 23.8 Å². The Kier molecular flexibility index (Phi) is 58.2. The highest BCUT2D eigenvalue weighted by molar-refractivity contribution is 5.80. The fourth-order valence-corrected chi connectivity index (χ4v) is 11.2. The lowest BCUT2D eigenvalue weighted by molar-refractivity contribution is -0.305. The Labute approximate surface area is 522 Å². The summed E-state index contributed by atoms with van der Waals surface area (Å²) in [5, 5.41) is 57.3. The highest BCUT2D eigenvalue weighted by Gasteiger charge is 2.47. The van der Waals surface area contributed by atoms with Gasteiger partial charge < -0.3 is 45.1 Å². The molecule has 11 heteroatoms. The molecule has 11 nitrogen and oxygen atoms in total. The molecule has 85 heavy (non-hydrogen) atoms. The second kappa shape index (κ2) is 61.6. The molecule has 0 aromatic heterocycles. The molecule has 1 aliphatic heterocycles. The second-order valence-electron chi connectivity index (χ2n) is 25.0. The molecule has 0 aromatic rings. The fraction of sp³-hybridized carbons (Fsp3) is 0.838. The van der Waals surface area contributed by atoms with Crippen molar-refractivity contribution < 1.29 is 49.3 Å². The van der Waals surface area contributed by atoms with Gasteiger partial charge in [0, 0.05) is 6.42 Å². The Morgan fingerprint density at radius 1 is 0.459 bits per heavy atom. The molecule has 1 heterocycles. The Hall–Kier alpha value is -2.64. The fourth-order valence-electron chi connectivity index (χ4n) is 11.2. The van der Waals surface area contributed by atoms with E-state index in [0.29, 0.717) is 12.8 Å². The lowest BCUT2D eigenvalue weighted by Crippen LogP contribution is -2.61. The number of unbranched alkanes of at least 4 members (excludes halogenated alkanes) is 40.